The first-order valence-corrected chi connectivity index (χ1v) is 4.04. The molecule has 0 aromatic heterocycles. The molecule has 0 aliphatic carbocycles. The highest BCUT2D eigenvalue weighted by molar-refractivity contribution is 5.94. The maximum absolute atomic E-state index is 7.35. The fraction of sp³-hybridized carbons (Fsp3) is 0.429. The van der Waals surface area contributed by atoms with E-state index in [1.54, 1.807) is 0 Å². The van der Waals surface area contributed by atoms with Crippen molar-refractivity contribution in [1.82, 2.24) is 15.8 Å². The largest absolute Gasteiger partial charge is 0.370 e. The van der Waals surface area contributed by atoms with Gasteiger partial charge in [0, 0.05) is 13.1 Å². The van der Waals surface area contributed by atoms with Crippen LogP contribution >= 0.6 is 0 Å². The van der Waals surface area contributed by atoms with Gasteiger partial charge in [-0.25, -0.2) is 5.01 Å². The van der Waals surface area contributed by atoms with E-state index < -0.39 is 0 Å². The molecular weight excluding hydrogens is 168 g/mol. The Bertz CT molecular complexity index is 233. The summed E-state index contributed by atoms with van der Waals surface area (Å²) in [4.78, 5) is 0. The monoisotopic (exact) mass is 182 g/mol. The SMILES string of the molecule is N=C(N)NC(=N)NN1CC=CCC1. The zero-order chi connectivity index (χ0) is 9.68. The highest BCUT2D eigenvalue weighted by atomic mass is 15.5. The van der Waals surface area contributed by atoms with Gasteiger partial charge in [-0.2, -0.15) is 0 Å². The van der Waals surface area contributed by atoms with Crippen molar-refractivity contribution in [1.29, 1.82) is 10.8 Å². The van der Waals surface area contributed by atoms with Gasteiger partial charge in [0.2, 0.25) is 5.96 Å². The lowest BCUT2D eigenvalue weighted by Crippen LogP contribution is -2.51. The molecule has 1 aliphatic heterocycles. The molecule has 6 heteroatoms. The van der Waals surface area contributed by atoms with Crippen molar-refractivity contribution in [3.8, 4) is 0 Å². The van der Waals surface area contributed by atoms with Crippen molar-refractivity contribution in [3.63, 3.8) is 0 Å². The Kier molecular flexibility index (Phi) is 3.27. The van der Waals surface area contributed by atoms with Gasteiger partial charge < -0.3 is 5.73 Å². The molecule has 1 aliphatic rings. The number of rotatable bonds is 1. The van der Waals surface area contributed by atoms with Gasteiger partial charge in [-0.15, -0.1) is 0 Å². The van der Waals surface area contributed by atoms with E-state index in [0.717, 1.165) is 19.5 Å². The number of guanidine groups is 2. The van der Waals surface area contributed by atoms with Gasteiger partial charge in [0.05, 0.1) is 0 Å². The molecule has 0 fully saturated rings. The normalized spacial score (nSPS) is 16.6. The summed E-state index contributed by atoms with van der Waals surface area (Å²) in [6, 6.07) is 0. The van der Waals surface area contributed by atoms with Crippen LogP contribution < -0.4 is 16.5 Å². The summed E-state index contributed by atoms with van der Waals surface area (Å²) in [7, 11) is 0. The van der Waals surface area contributed by atoms with Gasteiger partial charge in [0.25, 0.3) is 0 Å². The van der Waals surface area contributed by atoms with Crippen LogP contribution in [0.1, 0.15) is 6.42 Å². The number of hydrogen-bond donors (Lipinski definition) is 5. The van der Waals surface area contributed by atoms with E-state index in [-0.39, 0.29) is 11.9 Å². The minimum absolute atomic E-state index is 0.0304. The lowest BCUT2D eigenvalue weighted by molar-refractivity contribution is 0.255. The van der Waals surface area contributed by atoms with E-state index in [0.29, 0.717) is 0 Å². The van der Waals surface area contributed by atoms with Crippen molar-refractivity contribution in [2.24, 2.45) is 5.73 Å². The van der Waals surface area contributed by atoms with E-state index in [1.165, 1.54) is 0 Å². The van der Waals surface area contributed by atoms with E-state index in [2.05, 4.69) is 16.8 Å². The second-order valence-electron chi connectivity index (χ2n) is 2.73. The molecule has 0 spiro atoms. The van der Waals surface area contributed by atoms with E-state index in [9.17, 15) is 0 Å². The highest BCUT2D eigenvalue weighted by Gasteiger charge is 2.06. The molecule has 1 rings (SSSR count). The Morgan fingerprint density at radius 3 is 2.69 bits per heavy atom. The van der Waals surface area contributed by atoms with Crippen LogP contribution in [0.5, 0.6) is 0 Å². The Hall–Kier alpha value is -1.56. The average Bonchev–Trinajstić information content (AvgIpc) is 2.04. The maximum Gasteiger partial charge on any atom is 0.210 e. The second-order valence-corrected chi connectivity index (χ2v) is 2.73. The zero-order valence-electron chi connectivity index (χ0n) is 7.30. The number of nitrogens with two attached hydrogens (primary N) is 1. The van der Waals surface area contributed by atoms with Crippen LogP contribution in [0.4, 0.5) is 0 Å². The first-order chi connectivity index (χ1) is 6.18. The number of hydrogen-bond acceptors (Lipinski definition) is 3. The van der Waals surface area contributed by atoms with Crippen molar-refractivity contribution < 1.29 is 0 Å². The summed E-state index contributed by atoms with van der Waals surface area (Å²) in [6.45, 7) is 1.63. The fourth-order valence-electron chi connectivity index (χ4n) is 1.06. The molecule has 0 bridgehead atoms. The first-order valence-electron chi connectivity index (χ1n) is 4.04. The van der Waals surface area contributed by atoms with Gasteiger partial charge in [0.1, 0.15) is 0 Å². The molecule has 0 saturated heterocycles. The summed E-state index contributed by atoms with van der Waals surface area (Å²) in [5, 5.41) is 18.5. The highest BCUT2D eigenvalue weighted by Crippen LogP contribution is 1.96. The molecule has 0 aromatic carbocycles. The zero-order valence-corrected chi connectivity index (χ0v) is 7.30. The Morgan fingerprint density at radius 1 is 1.38 bits per heavy atom. The van der Waals surface area contributed by atoms with Crippen molar-refractivity contribution in [2.45, 2.75) is 6.42 Å². The summed E-state index contributed by atoms with van der Waals surface area (Å²) in [6.07, 6.45) is 5.10. The van der Waals surface area contributed by atoms with Crippen LogP contribution in [-0.4, -0.2) is 30.0 Å². The molecule has 0 unspecified atom stereocenters. The molecule has 0 aromatic rings. The summed E-state index contributed by atoms with van der Waals surface area (Å²) >= 11 is 0. The number of nitrogens with zero attached hydrogens (tertiary/aromatic N) is 1. The molecule has 6 nitrogen and oxygen atoms in total. The summed E-state index contributed by atoms with van der Waals surface area (Å²) in [5.41, 5.74) is 7.84. The van der Waals surface area contributed by atoms with Crippen LogP contribution in [0, 0.1) is 10.8 Å². The molecular formula is C7H14N6. The van der Waals surface area contributed by atoms with E-state index in [4.69, 9.17) is 16.6 Å². The van der Waals surface area contributed by atoms with Crippen LogP contribution in [-0.2, 0) is 0 Å². The Morgan fingerprint density at radius 2 is 2.15 bits per heavy atom. The van der Waals surface area contributed by atoms with Crippen LogP contribution in [0.2, 0.25) is 0 Å². The van der Waals surface area contributed by atoms with Crippen LogP contribution in [0.3, 0.4) is 0 Å². The van der Waals surface area contributed by atoms with Gasteiger partial charge in [-0.3, -0.25) is 21.6 Å². The van der Waals surface area contributed by atoms with Crippen LogP contribution in [0.15, 0.2) is 12.2 Å². The molecule has 0 atom stereocenters. The van der Waals surface area contributed by atoms with E-state index >= 15 is 0 Å². The van der Waals surface area contributed by atoms with E-state index in [1.807, 2.05) is 11.1 Å². The predicted octanol–water partition coefficient (Wildman–Crippen LogP) is -0.829. The van der Waals surface area contributed by atoms with Gasteiger partial charge in [-0.05, 0) is 6.42 Å². The molecule has 0 saturated carbocycles. The fourth-order valence-corrected chi connectivity index (χ4v) is 1.06. The Labute approximate surface area is 76.8 Å². The third kappa shape index (κ3) is 3.57. The smallest absolute Gasteiger partial charge is 0.210 e. The minimum atomic E-state index is -0.231. The van der Waals surface area contributed by atoms with Gasteiger partial charge >= 0.3 is 0 Å². The van der Waals surface area contributed by atoms with Gasteiger partial charge in [-0.1, -0.05) is 12.2 Å². The summed E-state index contributed by atoms with van der Waals surface area (Å²) < 4.78 is 0. The average molecular weight is 182 g/mol. The predicted molar refractivity (Wildman–Crippen MR) is 51.2 cm³/mol. The van der Waals surface area contributed by atoms with Crippen molar-refractivity contribution in [3.05, 3.63) is 12.2 Å². The number of nitrogens with one attached hydrogen (secondary N) is 4. The third-order valence-electron chi connectivity index (χ3n) is 1.59. The lowest BCUT2D eigenvalue weighted by Gasteiger charge is -2.24. The maximum atomic E-state index is 7.35. The topological polar surface area (TPSA) is 101 Å². The van der Waals surface area contributed by atoms with Crippen molar-refractivity contribution in [2.75, 3.05) is 13.1 Å². The van der Waals surface area contributed by atoms with Gasteiger partial charge in [0.15, 0.2) is 5.96 Å². The molecule has 13 heavy (non-hydrogen) atoms. The standard InChI is InChI=1S/C7H14N6/c8-6(9)11-7(10)12-13-4-2-1-3-5-13/h1-2H,3-5H2,(H6,8,9,10,11,12). The molecule has 6 N–H and O–H groups in total. The molecule has 0 amide bonds. The molecule has 1 heterocycles. The molecule has 0 radical (unpaired) electrons. The lowest BCUT2D eigenvalue weighted by atomic mass is 10.3. The third-order valence-corrected chi connectivity index (χ3v) is 1.59. The first kappa shape index (κ1) is 9.53. The van der Waals surface area contributed by atoms with Crippen LogP contribution in [0.25, 0.3) is 0 Å². The number of hydrazine groups is 1. The molecule has 72 valence electrons. The minimum Gasteiger partial charge on any atom is -0.370 e. The Balaban J connectivity index is 2.27. The second kappa shape index (κ2) is 4.46. The van der Waals surface area contributed by atoms with Crippen molar-refractivity contribution >= 4 is 11.9 Å². The summed E-state index contributed by atoms with van der Waals surface area (Å²) in [5.74, 6) is -0.201. The quantitative estimate of drug-likeness (QED) is 0.207.